The Balaban J connectivity index is 2.42. The van der Waals surface area contributed by atoms with Crippen LogP contribution in [0.25, 0.3) is 5.69 Å². The van der Waals surface area contributed by atoms with Crippen LogP contribution in [0, 0.1) is 13.8 Å². The van der Waals surface area contributed by atoms with Crippen molar-refractivity contribution in [3.63, 3.8) is 0 Å². The molecule has 0 unspecified atom stereocenters. The Morgan fingerprint density at radius 1 is 1.24 bits per heavy atom. The van der Waals surface area contributed by atoms with E-state index in [1.165, 1.54) is 11.1 Å². The molecule has 17 heavy (non-hydrogen) atoms. The Labute approximate surface area is 110 Å². The second-order valence-corrected chi connectivity index (χ2v) is 5.10. The number of hydrogen-bond donors (Lipinski definition) is 1. The van der Waals surface area contributed by atoms with Crippen LogP contribution < -0.4 is 5.32 Å². The van der Waals surface area contributed by atoms with Gasteiger partial charge in [-0.25, -0.2) is 4.68 Å². The molecule has 0 spiro atoms. The van der Waals surface area contributed by atoms with Crippen LogP contribution in [0.2, 0.25) is 0 Å². The molecular weight excluding hydrogens is 278 g/mol. The first kappa shape index (κ1) is 12.3. The van der Waals surface area contributed by atoms with Crippen LogP contribution in [0.15, 0.2) is 28.9 Å². The molecule has 0 radical (unpaired) electrons. The normalized spacial score (nSPS) is 10.8. The van der Waals surface area contributed by atoms with Gasteiger partial charge in [-0.05, 0) is 60.1 Å². The number of nitrogens with zero attached hydrogens (tertiary/aromatic N) is 2. The van der Waals surface area contributed by atoms with Crippen LogP contribution in [0.5, 0.6) is 0 Å². The fourth-order valence-corrected chi connectivity index (χ4v) is 2.30. The van der Waals surface area contributed by atoms with Crippen molar-refractivity contribution in [2.24, 2.45) is 0 Å². The van der Waals surface area contributed by atoms with E-state index >= 15 is 0 Å². The number of nitrogens with one attached hydrogen (secondary N) is 1. The number of aromatic nitrogens is 2. The molecule has 2 rings (SSSR count). The van der Waals surface area contributed by atoms with Gasteiger partial charge in [0.25, 0.3) is 0 Å². The minimum atomic E-state index is 0.762. The van der Waals surface area contributed by atoms with Gasteiger partial charge in [0, 0.05) is 12.7 Å². The first-order valence-corrected chi connectivity index (χ1v) is 6.37. The zero-order valence-electron chi connectivity index (χ0n) is 10.3. The minimum Gasteiger partial charge on any atom is -0.314 e. The van der Waals surface area contributed by atoms with Gasteiger partial charge in [-0.1, -0.05) is 6.07 Å². The van der Waals surface area contributed by atoms with E-state index in [4.69, 9.17) is 0 Å². The van der Waals surface area contributed by atoms with Crippen molar-refractivity contribution < 1.29 is 0 Å². The van der Waals surface area contributed by atoms with Crippen LogP contribution in [0.1, 0.15) is 16.8 Å². The third-order valence-corrected chi connectivity index (χ3v) is 3.22. The van der Waals surface area contributed by atoms with E-state index in [2.05, 4.69) is 58.4 Å². The smallest absolute Gasteiger partial charge is 0.0908 e. The lowest BCUT2D eigenvalue weighted by atomic mass is 10.1. The zero-order valence-corrected chi connectivity index (χ0v) is 11.9. The third-order valence-electron chi connectivity index (χ3n) is 2.55. The summed E-state index contributed by atoms with van der Waals surface area (Å²) in [5.74, 6) is 0. The van der Waals surface area contributed by atoms with E-state index < -0.39 is 0 Å². The van der Waals surface area contributed by atoms with E-state index in [0.29, 0.717) is 0 Å². The summed E-state index contributed by atoms with van der Waals surface area (Å²) in [5.41, 5.74) is 4.63. The first-order chi connectivity index (χ1) is 8.10. The van der Waals surface area contributed by atoms with Gasteiger partial charge >= 0.3 is 0 Å². The molecule has 0 amide bonds. The minimum absolute atomic E-state index is 0.762. The average Bonchev–Trinajstić information content (AvgIpc) is 2.60. The molecule has 90 valence electrons. The highest BCUT2D eigenvalue weighted by Crippen LogP contribution is 2.19. The first-order valence-electron chi connectivity index (χ1n) is 5.57. The summed E-state index contributed by atoms with van der Waals surface area (Å²) in [4.78, 5) is 0. The number of benzene rings is 1. The molecule has 0 aliphatic rings. The van der Waals surface area contributed by atoms with E-state index in [1.807, 2.05) is 17.9 Å². The Hall–Kier alpha value is -1.13. The molecular formula is C13H16BrN3. The SMILES string of the molecule is CNCc1nn(-c2cc(C)cc(C)c2)cc1Br. The molecule has 2 aromatic rings. The predicted octanol–water partition coefficient (Wildman–Crippen LogP) is 2.97. The lowest BCUT2D eigenvalue weighted by Gasteiger charge is -2.04. The van der Waals surface area contributed by atoms with Gasteiger partial charge in [0.2, 0.25) is 0 Å². The Kier molecular flexibility index (Phi) is 3.64. The molecule has 0 aliphatic heterocycles. The summed E-state index contributed by atoms with van der Waals surface area (Å²) in [6.07, 6.45) is 2.00. The third kappa shape index (κ3) is 2.76. The quantitative estimate of drug-likeness (QED) is 0.943. The molecule has 4 heteroatoms. The number of aryl methyl sites for hydroxylation is 2. The van der Waals surface area contributed by atoms with Gasteiger partial charge < -0.3 is 5.32 Å². The Morgan fingerprint density at radius 3 is 2.47 bits per heavy atom. The van der Waals surface area contributed by atoms with Crippen molar-refractivity contribution in [2.75, 3.05) is 7.05 Å². The van der Waals surface area contributed by atoms with Crippen molar-refractivity contribution in [2.45, 2.75) is 20.4 Å². The zero-order chi connectivity index (χ0) is 12.4. The maximum absolute atomic E-state index is 4.56. The van der Waals surface area contributed by atoms with E-state index in [0.717, 1.165) is 22.4 Å². The fraction of sp³-hybridized carbons (Fsp3) is 0.308. The van der Waals surface area contributed by atoms with Crippen molar-refractivity contribution in [3.05, 3.63) is 45.7 Å². The standard InChI is InChI=1S/C13H16BrN3/c1-9-4-10(2)6-11(5-9)17-8-12(14)13(16-17)7-15-3/h4-6,8,15H,7H2,1-3H3. The molecule has 0 saturated heterocycles. The van der Waals surface area contributed by atoms with Crippen LogP contribution in [-0.2, 0) is 6.54 Å². The lowest BCUT2D eigenvalue weighted by Crippen LogP contribution is -2.07. The fourth-order valence-electron chi connectivity index (χ4n) is 1.89. The van der Waals surface area contributed by atoms with Gasteiger partial charge in [-0.3, -0.25) is 0 Å². The second-order valence-electron chi connectivity index (χ2n) is 4.24. The van der Waals surface area contributed by atoms with Gasteiger partial charge in [0.1, 0.15) is 0 Å². The van der Waals surface area contributed by atoms with Gasteiger partial charge in [-0.15, -0.1) is 0 Å². The van der Waals surface area contributed by atoms with Crippen molar-refractivity contribution in [1.29, 1.82) is 0 Å². The maximum atomic E-state index is 4.56. The Morgan fingerprint density at radius 2 is 1.88 bits per heavy atom. The lowest BCUT2D eigenvalue weighted by molar-refractivity contribution is 0.755. The van der Waals surface area contributed by atoms with Gasteiger partial charge in [0.15, 0.2) is 0 Å². The van der Waals surface area contributed by atoms with Crippen LogP contribution in [0.3, 0.4) is 0 Å². The van der Waals surface area contributed by atoms with Crippen molar-refractivity contribution in [1.82, 2.24) is 15.1 Å². The van der Waals surface area contributed by atoms with E-state index in [-0.39, 0.29) is 0 Å². The highest BCUT2D eigenvalue weighted by molar-refractivity contribution is 9.10. The molecule has 1 aromatic heterocycles. The van der Waals surface area contributed by atoms with Crippen molar-refractivity contribution >= 4 is 15.9 Å². The largest absolute Gasteiger partial charge is 0.314 e. The highest BCUT2D eigenvalue weighted by atomic mass is 79.9. The summed E-state index contributed by atoms with van der Waals surface area (Å²) in [6, 6.07) is 6.43. The molecule has 0 bridgehead atoms. The van der Waals surface area contributed by atoms with Gasteiger partial charge in [0.05, 0.1) is 15.9 Å². The van der Waals surface area contributed by atoms with E-state index in [1.54, 1.807) is 0 Å². The Bertz CT molecular complexity index is 511. The molecule has 3 nitrogen and oxygen atoms in total. The summed E-state index contributed by atoms with van der Waals surface area (Å²) < 4.78 is 2.95. The van der Waals surface area contributed by atoms with Crippen molar-refractivity contribution in [3.8, 4) is 5.69 Å². The topological polar surface area (TPSA) is 29.9 Å². The predicted molar refractivity (Wildman–Crippen MR) is 73.5 cm³/mol. The molecule has 0 atom stereocenters. The molecule has 0 saturated carbocycles. The maximum Gasteiger partial charge on any atom is 0.0908 e. The van der Waals surface area contributed by atoms with Crippen LogP contribution in [-0.4, -0.2) is 16.8 Å². The summed E-state index contributed by atoms with van der Waals surface area (Å²) in [7, 11) is 1.92. The molecule has 0 aliphatic carbocycles. The second kappa shape index (κ2) is 5.02. The number of rotatable bonds is 3. The average molecular weight is 294 g/mol. The van der Waals surface area contributed by atoms with Crippen LogP contribution in [0.4, 0.5) is 0 Å². The molecule has 0 fully saturated rings. The monoisotopic (exact) mass is 293 g/mol. The number of hydrogen-bond acceptors (Lipinski definition) is 2. The highest BCUT2D eigenvalue weighted by Gasteiger charge is 2.07. The summed E-state index contributed by atoms with van der Waals surface area (Å²) in [5, 5.41) is 7.67. The van der Waals surface area contributed by atoms with E-state index in [9.17, 15) is 0 Å². The molecule has 1 aromatic carbocycles. The molecule has 1 N–H and O–H groups in total. The summed E-state index contributed by atoms with van der Waals surface area (Å²) in [6.45, 7) is 4.96. The summed E-state index contributed by atoms with van der Waals surface area (Å²) >= 11 is 3.53. The van der Waals surface area contributed by atoms with Crippen LogP contribution >= 0.6 is 15.9 Å². The van der Waals surface area contributed by atoms with Gasteiger partial charge in [-0.2, -0.15) is 5.10 Å². The molecule has 1 heterocycles. The number of halogens is 1.